The van der Waals surface area contributed by atoms with Gasteiger partial charge in [0.1, 0.15) is 6.07 Å². The van der Waals surface area contributed by atoms with Crippen LogP contribution >= 0.6 is 23.2 Å². The Balaban J connectivity index is 2.13. The molecular formula is C14H10Cl2N2. The van der Waals surface area contributed by atoms with Gasteiger partial charge < -0.3 is 5.32 Å². The third kappa shape index (κ3) is 3.16. The lowest BCUT2D eigenvalue weighted by atomic mass is 10.1. The van der Waals surface area contributed by atoms with Crippen molar-refractivity contribution in [2.45, 2.75) is 6.54 Å². The van der Waals surface area contributed by atoms with Crippen molar-refractivity contribution >= 4 is 28.9 Å². The maximum Gasteiger partial charge on any atom is 0.101 e. The van der Waals surface area contributed by atoms with E-state index in [0.717, 1.165) is 11.3 Å². The quantitative estimate of drug-likeness (QED) is 0.898. The lowest BCUT2D eigenvalue weighted by molar-refractivity contribution is 1.15. The first-order valence-electron chi connectivity index (χ1n) is 5.37. The summed E-state index contributed by atoms with van der Waals surface area (Å²) in [7, 11) is 0. The molecule has 18 heavy (non-hydrogen) atoms. The molecule has 0 aliphatic carbocycles. The molecule has 0 fully saturated rings. The highest BCUT2D eigenvalue weighted by molar-refractivity contribution is 6.31. The number of benzene rings is 2. The van der Waals surface area contributed by atoms with Crippen LogP contribution in [0.15, 0.2) is 42.5 Å². The van der Waals surface area contributed by atoms with Gasteiger partial charge in [0.05, 0.1) is 11.3 Å². The molecule has 0 radical (unpaired) electrons. The zero-order valence-electron chi connectivity index (χ0n) is 9.45. The molecule has 0 bridgehead atoms. The summed E-state index contributed by atoms with van der Waals surface area (Å²) in [5.41, 5.74) is 2.40. The van der Waals surface area contributed by atoms with Gasteiger partial charge in [-0.05, 0) is 35.9 Å². The first-order chi connectivity index (χ1) is 8.69. The van der Waals surface area contributed by atoms with Gasteiger partial charge in [-0.25, -0.2) is 0 Å². The van der Waals surface area contributed by atoms with Crippen LogP contribution in [-0.2, 0) is 6.54 Å². The molecule has 0 heterocycles. The Morgan fingerprint density at radius 3 is 2.33 bits per heavy atom. The number of nitrogens with zero attached hydrogens (tertiary/aromatic N) is 1. The van der Waals surface area contributed by atoms with Crippen LogP contribution in [0.5, 0.6) is 0 Å². The molecule has 2 aromatic carbocycles. The predicted molar refractivity (Wildman–Crippen MR) is 74.9 cm³/mol. The highest BCUT2D eigenvalue weighted by atomic mass is 35.5. The van der Waals surface area contributed by atoms with Crippen molar-refractivity contribution in [3.63, 3.8) is 0 Å². The van der Waals surface area contributed by atoms with Gasteiger partial charge in [0.15, 0.2) is 0 Å². The number of hydrogen-bond acceptors (Lipinski definition) is 2. The first-order valence-corrected chi connectivity index (χ1v) is 6.12. The van der Waals surface area contributed by atoms with E-state index >= 15 is 0 Å². The van der Waals surface area contributed by atoms with Crippen molar-refractivity contribution in [3.05, 3.63) is 63.6 Å². The molecule has 4 heteroatoms. The number of halogens is 2. The van der Waals surface area contributed by atoms with E-state index in [2.05, 4.69) is 11.4 Å². The van der Waals surface area contributed by atoms with Crippen LogP contribution in [-0.4, -0.2) is 0 Å². The Morgan fingerprint density at radius 2 is 1.67 bits per heavy atom. The van der Waals surface area contributed by atoms with E-state index in [1.54, 1.807) is 18.2 Å². The fraction of sp³-hybridized carbons (Fsp3) is 0.0714. The Hall–Kier alpha value is -1.69. The van der Waals surface area contributed by atoms with Crippen molar-refractivity contribution in [1.82, 2.24) is 0 Å². The highest BCUT2D eigenvalue weighted by Gasteiger charge is 2.02. The molecule has 2 rings (SSSR count). The van der Waals surface area contributed by atoms with Gasteiger partial charge in [0, 0.05) is 16.6 Å². The van der Waals surface area contributed by atoms with Gasteiger partial charge in [-0.3, -0.25) is 0 Å². The highest BCUT2D eigenvalue weighted by Crippen LogP contribution is 2.21. The van der Waals surface area contributed by atoms with Crippen LogP contribution in [0.1, 0.15) is 11.1 Å². The van der Waals surface area contributed by atoms with Crippen LogP contribution in [0, 0.1) is 11.3 Å². The minimum atomic E-state index is 0.577. The third-order valence-electron chi connectivity index (χ3n) is 2.50. The molecule has 2 nitrogen and oxygen atoms in total. The van der Waals surface area contributed by atoms with Crippen molar-refractivity contribution in [3.8, 4) is 6.07 Å². The zero-order valence-corrected chi connectivity index (χ0v) is 11.0. The normalized spacial score (nSPS) is 9.83. The van der Waals surface area contributed by atoms with Crippen LogP contribution in [0.2, 0.25) is 10.0 Å². The summed E-state index contributed by atoms with van der Waals surface area (Å²) in [6.45, 7) is 0.617. The van der Waals surface area contributed by atoms with Gasteiger partial charge >= 0.3 is 0 Å². The Bertz CT molecular complexity index is 586. The van der Waals surface area contributed by atoms with E-state index in [1.165, 1.54) is 0 Å². The maximum absolute atomic E-state index is 8.99. The smallest absolute Gasteiger partial charge is 0.101 e. The lowest BCUT2D eigenvalue weighted by Gasteiger charge is -2.08. The van der Waals surface area contributed by atoms with Gasteiger partial charge in [0.2, 0.25) is 0 Å². The van der Waals surface area contributed by atoms with E-state index in [0.29, 0.717) is 22.2 Å². The SMILES string of the molecule is N#Cc1ccc(Cl)cc1NCc1ccc(Cl)cc1. The fourth-order valence-corrected chi connectivity index (χ4v) is 1.86. The monoisotopic (exact) mass is 276 g/mol. The van der Waals surface area contributed by atoms with Gasteiger partial charge in [-0.1, -0.05) is 35.3 Å². The molecule has 0 aliphatic heterocycles. The van der Waals surface area contributed by atoms with Crippen LogP contribution in [0.25, 0.3) is 0 Å². The summed E-state index contributed by atoms with van der Waals surface area (Å²) in [6.07, 6.45) is 0. The zero-order chi connectivity index (χ0) is 13.0. The molecule has 0 unspecified atom stereocenters. The van der Waals surface area contributed by atoms with Gasteiger partial charge in [-0.15, -0.1) is 0 Å². The molecule has 0 aromatic heterocycles. The largest absolute Gasteiger partial charge is 0.380 e. The predicted octanol–water partition coefficient (Wildman–Crippen LogP) is 4.48. The van der Waals surface area contributed by atoms with Gasteiger partial charge in [0.25, 0.3) is 0 Å². The molecule has 2 aromatic rings. The van der Waals surface area contributed by atoms with Crippen LogP contribution in [0.3, 0.4) is 0 Å². The van der Waals surface area contributed by atoms with E-state index < -0.39 is 0 Å². The first kappa shape index (κ1) is 12.8. The Labute approximate surface area is 116 Å². The lowest BCUT2D eigenvalue weighted by Crippen LogP contribution is -2.01. The van der Waals surface area contributed by atoms with Crippen molar-refractivity contribution in [1.29, 1.82) is 5.26 Å². The second kappa shape index (κ2) is 5.77. The average molecular weight is 277 g/mol. The van der Waals surface area contributed by atoms with Crippen LogP contribution in [0.4, 0.5) is 5.69 Å². The number of nitriles is 1. The molecule has 0 atom stereocenters. The standard InChI is InChI=1S/C14H10Cl2N2/c15-12-4-1-10(2-5-12)9-18-14-7-13(16)6-3-11(14)8-17/h1-7,18H,9H2. The van der Waals surface area contributed by atoms with E-state index in [9.17, 15) is 0 Å². The van der Waals surface area contributed by atoms with E-state index in [4.69, 9.17) is 28.5 Å². The van der Waals surface area contributed by atoms with Crippen molar-refractivity contribution < 1.29 is 0 Å². The summed E-state index contributed by atoms with van der Waals surface area (Å²) < 4.78 is 0. The summed E-state index contributed by atoms with van der Waals surface area (Å²) in [4.78, 5) is 0. The van der Waals surface area contributed by atoms with Crippen molar-refractivity contribution in [2.24, 2.45) is 0 Å². The van der Waals surface area contributed by atoms with E-state index in [1.807, 2.05) is 24.3 Å². The molecule has 0 spiro atoms. The number of anilines is 1. The fourth-order valence-electron chi connectivity index (χ4n) is 1.56. The molecular weight excluding hydrogens is 267 g/mol. The van der Waals surface area contributed by atoms with Crippen LogP contribution < -0.4 is 5.32 Å². The minimum Gasteiger partial charge on any atom is -0.380 e. The Kier molecular flexibility index (Phi) is 4.09. The average Bonchev–Trinajstić information content (AvgIpc) is 2.38. The van der Waals surface area contributed by atoms with Crippen molar-refractivity contribution in [2.75, 3.05) is 5.32 Å². The molecule has 0 saturated carbocycles. The number of nitrogens with one attached hydrogen (secondary N) is 1. The summed E-state index contributed by atoms with van der Waals surface area (Å²) in [5.74, 6) is 0. The molecule has 0 aliphatic rings. The molecule has 1 N–H and O–H groups in total. The maximum atomic E-state index is 8.99. The summed E-state index contributed by atoms with van der Waals surface area (Å²) in [6, 6.07) is 14.8. The molecule has 90 valence electrons. The third-order valence-corrected chi connectivity index (χ3v) is 2.99. The van der Waals surface area contributed by atoms with E-state index in [-0.39, 0.29) is 0 Å². The second-order valence-electron chi connectivity index (χ2n) is 3.78. The molecule has 0 saturated heterocycles. The minimum absolute atomic E-state index is 0.577. The summed E-state index contributed by atoms with van der Waals surface area (Å²) in [5, 5.41) is 13.5. The number of hydrogen-bond donors (Lipinski definition) is 1. The van der Waals surface area contributed by atoms with Gasteiger partial charge in [-0.2, -0.15) is 5.26 Å². The summed E-state index contributed by atoms with van der Waals surface area (Å²) >= 11 is 11.7. The number of rotatable bonds is 3. The Morgan fingerprint density at radius 1 is 1.00 bits per heavy atom. The molecule has 0 amide bonds. The topological polar surface area (TPSA) is 35.8 Å². The second-order valence-corrected chi connectivity index (χ2v) is 4.65.